The Morgan fingerprint density at radius 1 is 0.586 bits per heavy atom. The molecule has 0 aliphatic carbocycles. The maximum atomic E-state index is 10.2. The van der Waals surface area contributed by atoms with Crippen LogP contribution < -0.4 is 51.4 Å². The van der Waals surface area contributed by atoms with Crippen molar-refractivity contribution in [3.8, 4) is 0 Å². The number of rotatable bonds is 20. The van der Waals surface area contributed by atoms with Crippen molar-refractivity contribution >= 4 is 10.4 Å². The monoisotopic (exact) mass is 462 g/mol. The van der Waals surface area contributed by atoms with Gasteiger partial charge in [-0.05, 0) is 20.3 Å². The summed E-state index contributed by atoms with van der Waals surface area (Å²) in [4.78, 5) is 0. The predicted octanol–water partition coefficient (Wildman–Crippen LogP) is 3.77. The van der Waals surface area contributed by atoms with Crippen LogP contribution in [0.1, 0.15) is 124 Å². The molecule has 0 amide bonds. The molecule has 0 aromatic carbocycles. The first kappa shape index (κ1) is 35.1. The van der Waals surface area contributed by atoms with Crippen molar-refractivity contribution in [3.05, 3.63) is 0 Å². The van der Waals surface area contributed by atoms with Crippen LogP contribution in [0.25, 0.3) is 0 Å². The van der Waals surface area contributed by atoms with E-state index in [1.54, 1.807) is 0 Å². The zero-order chi connectivity index (χ0) is 21.3. The van der Waals surface area contributed by atoms with Gasteiger partial charge in [0.1, 0.15) is 0 Å². The van der Waals surface area contributed by atoms with E-state index in [-0.39, 0.29) is 58.0 Å². The summed E-state index contributed by atoms with van der Waals surface area (Å²) in [7, 11) is -4.49. The molecule has 0 aromatic heterocycles. The molecular formula is C22H47KO5S. The summed E-state index contributed by atoms with van der Waals surface area (Å²) >= 11 is 0. The Morgan fingerprint density at radius 2 is 0.897 bits per heavy atom. The minimum Gasteiger partial charge on any atom is -0.726 e. The summed E-state index contributed by atoms with van der Waals surface area (Å²) in [5.41, 5.74) is 0. The average Bonchev–Trinajstić information content (AvgIpc) is 2.64. The second kappa shape index (κ2) is 29.5. The summed E-state index contributed by atoms with van der Waals surface area (Å²) < 4.78 is 39.6. The molecule has 7 heteroatoms. The molecule has 0 unspecified atom stereocenters. The quantitative estimate of drug-likeness (QED) is 0.119. The number of hydrogen-bond acceptors (Lipinski definition) is 5. The fourth-order valence-corrected chi connectivity index (χ4v) is 3.34. The molecule has 0 aliphatic heterocycles. The van der Waals surface area contributed by atoms with E-state index in [0.717, 1.165) is 26.1 Å². The molecule has 0 heterocycles. The minimum atomic E-state index is -4.49. The first-order valence-electron chi connectivity index (χ1n) is 11.7. The molecule has 0 bridgehead atoms. The predicted molar refractivity (Wildman–Crippen MR) is 117 cm³/mol. The van der Waals surface area contributed by atoms with Crippen molar-refractivity contribution in [1.82, 2.24) is 0 Å². The topological polar surface area (TPSA) is 75.7 Å². The van der Waals surface area contributed by atoms with Crippen LogP contribution in [-0.4, -0.2) is 32.8 Å². The van der Waals surface area contributed by atoms with E-state index in [0.29, 0.717) is 6.42 Å². The average molecular weight is 463 g/mol. The van der Waals surface area contributed by atoms with Crippen molar-refractivity contribution in [2.24, 2.45) is 0 Å². The standard InChI is InChI=1S/C18H38O4S.C4H10O.K/c1-2-3-4-5-6-7-8-9-10-11-12-13-14-15-16-17-18-22-23(19,20)21;1-3-5-4-2;/h2-18H2,1H3,(H,19,20,21);3-4H2,1-2H3;/q;;+1/p-1. The van der Waals surface area contributed by atoms with E-state index in [1.165, 1.54) is 83.5 Å². The van der Waals surface area contributed by atoms with E-state index < -0.39 is 10.4 Å². The summed E-state index contributed by atoms with van der Waals surface area (Å²) in [6.07, 6.45) is 20.3. The van der Waals surface area contributed by atoms with E-state index in [9.17, 15) is 13.0 Å². The van der Waals surface area contributed by atoms with Gasteiger partial charge in [0.15, 0.2) is 0 Å². The second-order valence-corrected chi connectivity index (χ2v) is 8.37. The van der Waals surface area contributed by atoms with Gasteiger partial charge >= 0.3 is 51.4 Å². The Kier molecular flexibility index (Phi) is 35.6. The molecule has 0 aromatic rings. The zero-order valence-electron chi connectivity index (χ0n) is 19.9. The maximum absolute atomic E-state index is 10.2. The van der Waals surface area contributed by atoms with Crippen LogP contribution in [-0.2, 0) is 19.3 Å². The van der Waals surface area contributed by atoms with Gasteiger partial charge in [0.2, 0.25) is 10.4 Å². The molecule has 0 saturated heterocycles. The summed E-state index contributed by atoms with van der Waals surface area (Å²) in [5, 5.41) is 0. The molecule has 0 fully saturated rings. The van der Waals surface area contributed by atoms with Crippen LogP contribution in [0.3, 0.4) is 0 Å². The summed E-state index contributed by atoms with van der Waals surface area (Å²) in [6, 6.07) is 0. The fraction of sp³-hybridized carbons (Fsp3) is 1.00. The molecule has 0 N–H and O–H groups in total. The van der Waals surface area contributed by atoms with Gasteiger partial charge < -0.3 is 9.29 Å². The van der Waals surface area contributed by atoms with Crippen LogP contribution >= 0.6 is 0 Å². The second-order valence-electron chi connectivity index (χ2n) is 7.31. The van der Waals surface area contributed by atoms with Crippen LogP contribution in [0, 0.1) is 0 Å². The van der Waals surface area contributed by atoms with E-state index in [2.05, 4.69) is 11.1 Å². The maximum Gasteiger partial charge on any atom is 1.00 e. The van der Waals surface area contributed by atoms with Gasteiger partial charge in [-0.3, -0.25) is 4.18 Å². The normalized spacial score (nSPS) is 10.9. The van der Waals surface area contributed by atoms with Crippen molar-refractivity contribution in [1.29, 1.82) is 0 Å². The molecule has 0 rings (SSSR count). The third-order valence-electron chi connectivity index (χ3n) is 4.63. The summed E-state index contributed by atoms with van der Waals surface area (Å²) in [6.45, 7) is 7.96. The van der Waals surface area contributed by atoms with Gasteiger partial charge in [0.05, 0.1) is 6.61 Å². The molecule has 0 saturated carbocycles. The van der Waals surface area contributed by atoms with Crippen molar-refractivity contribution in [3.63, 3.8) is 0 Å². The molecule has 0 atom stereocenters. The van der Waals surface area contributed by atoms with Gasteiger partial charge in [-0.2, -0.15) is 0 Å². The Hall–Kier alpha value is 1.47. The molecule has 5 nitrogen and oxygen atoms in total. The van der Waals surface area contributed by atoms with Crippen molar-refractivity contribution in [2.45, 2.75) is 124 Å². The van der Waals surface area contributed by atoms with E-state index >= 15 is 0 Å². The molecule has 0 radical (unpaired) electrons. The zero-order valence-corrected chi connectivity index (χ0v) is 23.8. The first-order chi connectivity index (χ1) is 13.5. The van der Waals surface area contributed by atoms with Crippen molar-refractivity contribution in [2.75, 3.05) is 19.8 Å². The Morgan fingerprint density at radius 3 is 1.14 bits per heavy atom. The third kappa shape index (κ3) is 40.4. The van der Waals surface area contributed by atoms with Crippen LogP contribution in [0.4, 0.5) is 0 Å². The SMILES string of the molecule is CCCCCCCCCCCCCCCCCCOS(=O)(=O)[O-].CCOCC.[K+]. The van der Waals surface area contributed by atoms with Gasteiger partial charge in [-0.25, -0.2) is 8.42 Å². The number of hydrogen-bond donors (Lipinski definition) is 0. The molecule has 0 aliphatic rings. The van der Waals surface area contributed by atoms with Crippen LogP contribution in [0.2, 0.25) is 0 Å². The molecular weight excluding hydrogens is 415 g/mol. The fourth-order valence-electron chi connectivity index (χ4n) is 3.02. The van der Waals surface area contributed by atoms with E-state index in [1.807, 2.05) is 13.8 Å². The van der Waals surface area contributed by atoms with Gasteiger partial charge in [-0.15, -0.1) is 0 Å². The number of ether oxygens (including phenoxy) is 1. The Labute approximate surface area is 224 Å². The third-order valence-corrected chi connectivity index (χ3v) is 5.09. The Balaban J connectivity index is -0.000000997. The van der Waals surface area contributed by atoms with Gasteiger partial charge in [-0.1, -0.05) is 103 Å². The number of unbranched alkanes of at least 4 members (excludes halogenated alkanes) is 15. The minimum absolute atomic E-state index is 0. The van der Waals surface area contributed by atoms with Gasteiger partial charge in [0, 0.05) is 13.2 Å². The van der Waals surface area contributed by atoms with Crippen LogP contribution in [0.15, 0.2) is 0 Å². The molecule has 172 valence electrons. The van der Waals surface area contributed by atoms with E-state index in [4.69, 9.17) is 4.74 Å². The smallest absolute Gasteiger partial charge is 0.726 e. The summed E-state index contributed by atoms with van der Waals surface area (Å²) in [5.74, 6) is 0. The van der Waals surface area contributed by atoms with Gasteiger partial charge in [0.25, 0.3) is 0 Å². The molecule has 29 heavy (non-hydrogen) atoms. The molecule has 0 spiro atoms. The van der Waals surface area contributed by atoms with Crippen molar-refractivity contribution < 1.29 is 73.3 Å². The van der Waals surface area contributed by atoms with Crippen LogP contribution in [0.5, 0.6) is 0 Å². The largest absolute Gasteiger partial charge is 1.00 e. The Bertz CT molecular complexity index is 375. The first-order valence-corrected chi connectivity index (χ1v) is 13.0.